The van der Waals surface area contributed by atoms with Crippen LogP contribution in [0.25, 0.3) is 0 Å². The zero-order valence-electron chi connectivity index (χ0n) is 13.1. The zero-order chi connectivity index (χ0) is 15.6. The average molecular weight is 282 g/mol. The first-order chi connectivity index (χ1) is 9.79. The highest BCUT2D eigenvalue weighted by Gasteiger charge is 2.16. The van der Waals surface area contributed by atoms with Crippen LogP contribution >= 0.6 is 0 Å². The predicted octanol–water partition coefficient (Wildman–Crippen LogP) is 4.83. The maximum atomic E-state index is 11.1. The third-order valence-corrected chi connectivity index (χ3v) is 3.89. The van der Waals surface area contributed by atoms with Crippen LogP contribution in [0.4, 0.5) is 0 Å². The summed E-state index contributed by atoms with van der Waals surface area (Å²) < 4.78 is 0. The first kappa shape index (κ1) is 15.3. The summed E-state index contributed by atoms with van der Waals surface area (Å²) in [5, 5.41) is 9.11. The van der Waals surface area contributed by atoms with E-state index in [1.165, 1.54) is 11.1 Å². The van der Waals surface area contributed by atoms with E-state index in [-0.39, 0.29) is 11.3 Å². The molecule has 1 atom stereocenters. The van der Waals surface area contributed by atoms with Crippen molar-refractivity contribution in [1.82, 2.24) is 0 Å². The quantitative estimate of drug-likeness (QED) is 0.875. The van der Waals surface area contributed by atoms with Crippen molar-refractivity contribution in [1.29, 1.82) is 0 Å². The van der Waals surface area contributed by atoms with Gasteiger partial charge in [0.2, 0.25) is 0 Å². The molecule has 0 bridgehead atoms. The molecule has 2 aromatic rings. The summed E-state index contributed by atoms with van der Waals surface area (Å²) in [6.07, 6.45) is 0. The lowest BCUT2D eigenvalue weighted by Gasteiger charge is -2.21. The summed E-state index contributed by atoms with van der Waals surface area (Å²) in [5.41, 5.74) is 3.98. The van der Waals surface area contributed by atoms with Crippen molar-refractivity contribution in [2.45, 2.75) is 39.0 Å². The molecule has 0 aliphatic carbocycles. The van der Waals surface area contributed by atoms with Crippen LogP contribution in [0.15, 0.2) is 48.5 Å². The van der Waals surface area contributed by atoms with Gasteiger partial charge in [0, 0.05) is 5.92 Å². The molecule has 2 nitrogen and oxygen atoms in total. The number of carbonyl (C=O) groups is 1. The fraction of sp³-hybridized carbons (Fsp3) is 0.316. The Balaban J connectivity index is 2.38. The Morgan fingerprint density at radius 1 is 1.00 bits per heavy atom. The minimum absolute atomic E-state index is 0.110. The van der Waals surface area contributed by atoms with E-state index in [0.717, 1.165) is 5.56 Å². The first-order valence-corrected chi connectivity index (χ1v) is 7.23. The lowest BCUT2D eigenvalue weighted by atomic mass is 9.83. The molecule has 0 aliphatic heterocycles. The summed E-state index contributed by atoms with van der Waals surface area (Å²) in [4.78, 5) is 11.1. The highest BCUT2D eigenvalue weighted by molar-refractivity contribution is 5.87. The average Bonchev–Trinajstić information content (AvgIpc) is 2.46. The molecule has 1 unspecified atom stereocenters. The van der Waals surface area contributed by atoms with Crippen LogP contribution in [0.5, 0.6) is 0 Å². The van der Waals surface area contributed by atoms with Gasteiger partial charge < -0.3 is 5.11 Å². The van der Waals surface area contributed by atoms with Gasteiger partial charge in [-0.2, -0.15) is 0 Å². The smallest absolute Gasteiger partial charge is 0.335 e. The molecule has 2 heteroatoms. The minimum Gasteiger partial charge on any atom is -0.478 e. The van der Waals surface area contributed by atoms with E-state index < -0.39 is 5.97 Å². The Morgan fingerprint density at radius 2 is 1.57 bits per heavy atom. The van der Waals surface area contributed by atoms with Gasteiger partial charge in [0.05, 0.1) is 5.56 Å². The van der Waals surface area contributed by atoms with Crippen LogP contribution < -0.4 is 0 Å². The predicted molar refractivity (Wildman–Crippen MR) is 86.1 cm³/mol. The molecule has 0 aliphatic rings. The van der Waals surface area contributed by atoms with Crippen molar-refractivity contribution in [3.63, 3.8) is 0 Å². The molecule has 2 rings (SSSR count). The molecule has 1 N–H and O–H groups in total. The summed E-state index contributed by atoms with van der Waals surface area (Å²) in [5.74, 6) is -0.709. The molecular formula is C19H22O2. The lowest BCUT2D eigenvalue weighted by molar-refractivity contribution is 0.0696. The molecule has 2 aromatic carbocycles. The van der Waals surface area contributed by atoms with Gasteiger partial charge in [-0.25, -0.2) is 4.79 Å². The van der Waals surface area contributed by atoms with Gasteiger partial charge in [-0.05, 0) is 34.2 Å². The van der Waals surface area contributed by atoms with Gasteiger partial charge in [0.1, 0.15) is 0 Å². The van der Waals surface area contributed by atoms with Gasteiger partial charge in [-0.15, -0.1) is 0 Å². The largest absolute Gasteiger partial charge is 0.478 e. The highest BCUT2D eigenvalue weighted by atomic mass is 16.4. The van der Waals surface area contributed by atoms with E-state index in [9.17, 15) is 4.79 Å². The molecule has 0 radical (unpaired) electrons. The van der Waals surface area contributed by atoms with E-state index in [4.69, 9.17) is 5.11 Å². The standard InChI is InChI=1S/C19H22O2/c1-13(14-7-5-9-16(11-14)18(20)21)15-8-6-10-17(12-15)19(2,3)4/h5-13H,1-4H3,(H,20,21). The van der Waals surface area contributed by atoms with Crippen LogP contribution in [0.1, 0.15) is 60.7 Å². The zero-order valence-corrected chi connectivity index (χ0v) is 13.1. The van der Waals surface area contributed by atoms with Crippen molar-refractivity contribution in [3.05, 3.63) is 70.8 Å². The maximum Gasteiger partial charge on any atom is 0.335 e. The van der Waals surface area contributed by atoms with E-state index in [2.05, 4.69) is 52.0 Å². The molecular weight excluding hydrogens is 260 g/mol. The van der Waals surface area contributed by atoms with Crippen molar-refractivity contribution >= 4 is 5.97 Å². The molecule has 0 saturated carbocycles. The molecule has 21 heavy (non-hydrogen) atoms. The van der Waals surface area contributed by atoms with Gasteiger partial charge in [-0.1, -0.05) is 64.1 Å². The highest BCUT2D eigenvalue weighted by Crippen LogP contribution is 2.29. The van der Waals surface area contributed by atoms with E-state index in [1.54, 1.807) is 12.1 Å². The molecule has 0 amide bonds. The van der Waals surface area contributed by atoms with Gasteiger partial charge >= 0.3 is 5.97 Å². The van der Waals surface area contributed by atoms with Crippen LogP contribution in [-0.2, 0) is 5.41 Å². The topological polar surface area (TPSA) is 37.3 Å². The number of rotatable bonds is 3. The Morgan fingerprint density at radius 3 is 2.14 bits per heavy atom. The Labute approximate surface area is 126 Å². The first-order valence-electron chi connectivity index (χ1n) is 7.23. The van der Waals surface area contributed by atoms with Crippen molar-refractivity contribution in [2.24, 2.45) is 0 Å². The lowest BCUT2D eigenvalue weighted by Crippen LogP contribution is -2.11. The van der Waals surface area contributed by atoms with Crippen LogP contribution in [-0.4, -0.2) is 11.1 Å². The van der Waals surface area contributed by atoms with E-state index in [1.807, 2.05) is 12.1 Å². The Bertz CT molecular complexity index is 651. The number of carboxylic acid groups (broad SMARTS) is 1. The molecule has 0 heterocycles. The fourth-order valence-corrected chi connectivity index (χ4v) is 2.41. The number of benzene rings is 2. The fourth-order valence-electron chi connectivity index (χ4n) is 2.41. The normalized spacial score (nSPS) is 13.0. The second kappa shape index (κ2) is 5.72. The second-order valence-electron chi connectivity index (χ2n) is 6.53. The van der Waals surface area contributed by atoms with Gasteiger partial charge in [-0.3, -0.25) is 0 Å². The maximum absolute atomic E-state index is 11.1. The third kappa shape index (κ3) is 3.52. The van der Waals surface area contributed by atoms with Gasteiger partial charge in [0.15, 0.2) is 0 Å². The number of aromatic carboxylic acids is 1. The van der Waals surface area contributed by atoms with E-state index >= 15 is 0 Å². The van der Waals surface area contributed by atoms with Crippen molar-refractivity contribution in [2.75, 3.05) is 0 Å². The Kier molecular flexibility index (Phi) is 4.17. The summed E-state index contributed by atoms with van der Waals surface area (Å²) >= 11 is 0. The molecule has 110 valence electrons. The monoisotopic (exact) mass is 282 g/mol. The molecule has 0 spiro atoms. The van der Waals surface area contributed by atoms with Gasteiger partial charge in [0.25, 0.3) is 0 Å². The molecule has 0 aromatic heterocycles. The molecule has 0 saturated heterocycles. The van der Waals surface area contributed by atoms with Crippen LogP contribution in [0.3, 0.4) is 0 Å². The van der Waals surface area contributed by atoms with E-state index in [0.29, 0.717) is 5.56 Å². The summed E-state index contributed by atoms with van der Waals surface area (Å²) in [6, 6.07) is 15.7. The minimum atomic E-state index is -0.882. The third-order valence-electron chi connectivity index (χ3n) is 3.89. The number of hydrogen-bond donors (Lipinski definition) is 1. The van der Waals surface area contributed by atoms with Crippen molar-refractivity contribution < 1.29 is 9.90 Å². The summed E-state index contributed by atoms with van der Waals surface area (Å²) in [7, 11) is 0. The second-order valence-corrected chi connectivity index (χ2v) is 6.53. The van der Waals surface area contributed by atoms with Crippen molar-refractivity contribution in [3.8, 4) is 0 Å². The Hall–Kier alpha value is -2.09. The summed E-state index contributed by atoms with van der Waals surface area (Å²) in [6.45, 7) is 8.70. The molecule has 0 fully saturated rings. The van der Waals surface area contributed by atoms with Crippen LogP contribution in [0, 0.1) is 0 Å². The number of carboxylic acids is 1. The SMILES string of the molecule is CC(c1cccc(C(=O)O)c1)c1cccc(C(C)(C)C)c1. The number of hydrogen-bond acceptors (Lipinski definition) is 1. The van der Waals surface area contributed by atoms with Crippen LogP contribution in [0.2, 0.25) is 0 Å².